The van der Waals surface area contributed by atoms with Gasteiger partial charge in [0.1, 0.15) is 0 Å². The summed E-state index contributed by atoms with van der Waals surface area (Å²) in [5, 5.41) is 3.09. The van der Waals surface area contributed by atoms with Gasteiger partial charge in [-0.05, 0) is 38.0 Å². The monoisotopic (exact) mass is 394 g/mol. The summed E-state index contributed by atoms with van der Waals surface area (Å²) in [6.07, 6.45) is 9.15. The van der Waals surface area contributed by atoms with Crippen LogP contribution in [0, 0.1) is 5.92 Å². The Labute approximate surface area is 164 Å². The van der Waals surface area contributed by atoms with Gasteiger partial charge < -0.3 is 15.0 Å². The van der Waals surface area contributed by atoms with E-state index in [1.54, 1.807) is 0 Å². The van der Waals surface area contributed by atoms with E-state index < -0.39 is 5.97 Å². The molecule has 1 N–H and O–H groups in total. The van der Waals surface area contributed by atoms with Gasteiger partial charge in [-0.15, -0.1) is 0 Å². The molecule has 1 aromatic heterocycles. The summed E-state index contributed by atoms with van der Waals surface area (Å²) in [6.45, 7) is 3.52. The summed E-state index contributed by atoms with van der Waals surface area (Å²) >= 11 is 6.08. The topological polar surface area (TPSA) is 84.4 Å². The largest absolute Gasteiger partial charge is 0.451 e. The van der Waals surface area contributed by atoms with E-state index in [1.165, 1.54) is 19.0 Å². The van der Waals surface area contributed by atoms with Crippen LogP contribution in [0.1, 0.15) is 62.4 Å². The van der Waals surface area contributed by atoms with Gasteiger partial charge in [-0.2, -0.15) is 0 Å². The van der Waals surface area contributed by atoms with Crippen LogP contribution in [0.3, 0.4) is 0 Å². The SMILES string of the molecule is C[C@H]1CCCC[C@@H]1NC(=O)COC(=O)c1nc(N2CCCCC2)ncc1Cl. The van der Waals surface area contributed by atoms with Gasteiger partial charge in [-0.25, -0.2) is 14.8 Å². The number of halogens is 1. The van der Waals surface area contributed by atoms with E-state index in [0.717, 1.165) is 45.2 Å². The minimum atomic E-state index is -0.701. The zero-order valence-electron chi connectivity index (χ0n) is 15.7. The Morgan fingerprint density at radius 1 is 1.22 bits per heavy atom. The molecule has 8 heteroatoms. The minimum absolute atomic E-state index is 0.00562. The van der Waals surface area contributed by atoms with Crippen LogP contribution in [-0.4, -0.2) is 47.6 Å². The van der Waals surface area contributed by atoms with Crippen molar-refractivity contribution in [2.45, 2.75) is 57.9 Å². The summed E-state index contributed by atoms with van der Waals surface area (Å²) in [5.74, 6) is -0.0654. The van der Waals surface area contributed by atoms with E-state index in [9.17, 15) is 9.59 Å². The molecule has 0 radical (unpaired) electrons. The van der Waals surface area contributed by atoms with Crippen LogP contribution in [0.25, 0.3) is 0 Å². The van der Waals surface area contributed by atoms with E-state index in [0.29, 0.717) is 11.9 Å². The molecule has 7 nitrogen and oxygen atoms in total. The zero-order chi connectivity index (χ0) is 19.2. The highest BCUT2D eigenvalue weighted by molar-refractivity contribution is 6.33. The molecule has 0 unspecified atom stereocenters. The number of ether oxygens (including phenoxy) is 1. The molecule has 0 aromatic carbocycles. The van der Waals surface area contributed by atoms with E-state index in [1.807, 2.05) is 4.90 Å². The molecule has 2 heterocycles. The Morgan fingerprint density at radius 2 is 1.96 bits per heavy atom. The first-order valence-corrected chi connectivity index (χ1v) is 10.2. The number of rotatable bonds is 5. The molecule has 0 spiro atoms. The van der Waals surface area contributed by atoms with Crippen molar-refractivity contribution in [2.75, 3.05) is 24.6 Å². The molecule has 1 saturated heterocycles. The van der Waals surface area contributed by atoms with E-state index >= 15 is 0 Å². The normalized spacial score (nSPS) is 23.0. The molecule has 27 heavy (non-hydrogen) atoms. The van der Waals surface area contributed by atoms with Gasteiger partial charge in [-0.3, -0.25) is 4.79 Å². The molecule has 3 rings (SSSR count). The van der Waals surface area contributed by atoms with Crippen LogP contribution in [0.5, 0.6) is 0 Å². The molecule has 1 amide bonds. The van der Waals surface area contributed by atoms with Gasteiger partial charge in [-0.1, -0.05) is 31.4 Å². The predicted molar refractivity (Wildman–Crippen MR) is 103 cm³/mol. The third kappa shape index (κ3) is 5.31. The number of piperidine rings is 1. The summed E-state index contributed by atoms with van der Waals surface area (Å²) in [4.78, 5) is 35.0. The van der Waals surface area contributed by atoms with Crippen molar-refractivity contribution in [2.24, 2.45) is 5.92 Å². The number of nitrogens with zero attached hydrogens (tertiary/aromatic N) is 3. The Bertz CT molecular complexity index is 679. The summed E-state index contributed by atoms with van der Waals surface area (Å²) in [7, 11) is 0. The zero-order valence-corrected chi connectivity index (χ0v) is 16.5. The number of nitrogens with one attached hydrogen (secondary N) is 1. The van der Waals surface area contributed by atoms with Crippen molar-refractivity contribution in [1.82, 2.24) is 15.3 Å². The van der Waals surface area contributed by atoms with Gasteiger partial charge in [0.2, 0.25) is 5.95 Å². The van der Waals surface area contributed by atoms with Crippen molar-refractivity contribution in [3.05, 3.63) is 16.9 Å². The Morgan fingerprint density at radius 3 is 2.70 bits per heavy atom. The van der Waals surface area contributed by atoms with Crippen LogP contribution >= 0.6 is 11.6 Å². The van der Waals surface area contributed by atoms with Crippen molar-refractivity contribution >= 4 is 29.4 Å². The lowest BCUT2D eigenvalue weighted by atomic mass is 9.86. The highest BCUT2D eigenvalue weighted by Gasteiger charge is 2.24. The van der Waals surface area contributed by atoms with Crippen molar-refractivity contribution in [3.63, 3.8) is 0 Å². The van der Waals surface area contributed by atoms with Crippen molar-refractivity contribution in [3.8, 4) is 0 Å². The molecular weight excluding hydrogens is 368 g/mol. The maximum Gasteiger partial charge on any atom is 0.359 e. The van der Waals surface area contributed by atoms with Crippen LogP contribution in [0.2, 0.25) is 5.02 Å². The predicted octanol–water partition coefficient (Wildman–Crippen LogP) is 2.97. The number of hydrogen-bond acceptors (Lipinski definition) is 6. The van der Waals surface area contributed by atoms with E-state index in [-0.39, 0.29) is 29.3 Å². The fraction of sp³-hybridized carbons (Fsp3) is 0.684. The molecule has 1 aliphatic carbocycles. The maximum atomic E-state index is 12.4. The van der Waals surface area contributed by atoms with Gasteiger partial charge in [0, 0.05) is 19.1 Å². The first-order chi connectivity index (χ1) is 13.0. The maximum absolute atomic E-state index is 12.4. The fourth-order valence-corrected chi connectivity index (χ4v) is 3.89. The molecule has 2 atom stereocenters. The van der Waals surface area contributed by atoms with Crippen molar-refractivity contribution < 1.29 is 14.3 Å². The van der Waals surface area contributed by atoms with Gasteiger partial charge in [0.05, 0.1) is 11.2 Å². The van der Waals surface area contributed by atoms with Crippen molar-refractivity contribution in [1.29, 1.82) is 0 Å². The van der Waals surface area contributed by atoms with Crippen LogP contribution in [-0.2, 0) is 9.53 Å². The lowest BCUT2D eigenvalue weighted by molar-refractivity contribution is -0.125. The first-order valence-electron chi connectivity index (χ1n) is 9.78. The number of hydrogen-bond donors (Lipinski definition) is 1. The van der Waals surface area contributed by atoms with Crippen LogP contribution in [0.15, 0.2) is 6.20 Å². The molecule has 1 aromatic rings. The number of amides is 1. The molecule has 148 valence electrons. The highest BCUT2D eigenvalue weighted by Crippen LogP contribution is 2.24. The third-order valence-electron chi connectivity index (χ3n) is 5.36. The summed E-state index contributed by atoms with van der Waals surface area (Å²) in [6, 6.07) is 0.151. The number of anilines is 1. The lowest BCUT2D eigenvalue weighted by Crippen LogP contribution is -2.42. The minimum Gasteiger partial charge on any atom is -0.451 e. The lowest BCUT2D eigenvalue weighted by Gasteiger charge is -2.29. The number of carbonyl (C=O) groups excluding carboxylic acids is 2. The highest BCUT2D eigenvalue weighted by atomic mass is 35.5. The standard InChI is InChI=1S/C19H27ClN4O3/c1-13-7-3-4-8-15(13)22-16(25)12-27-18(26)17-14(20)11-21-19(23-17)24-9-5-2-6-10-24/h11,13,15H,2-10,12H2,1H3,(H,22,25)/t13-,15-/m0/s1. The molecular formula is C19H27ClN4O3. The summed E-state index contributed by atoms with van der Waals surface area (Å²) < 4.78 is 5.15. The molecule has 0 bridgehead atoms. The molecule has 1 aliphatic heterocycles. The van der Waals surface area contributed by atoms with E-state index in [2.05, 4.69) is 22.2 Å². The van der Waals surface area contributed by atoms with Gasteiger partial charge in [0.15, 0.2) is 12.3 Å². The fourth-order valence-electron chi connectivity index (χ4n) is 3.73. The molecule has 2 aliphatic rings. The first kappa shape index (κ1) is 19.9. The number of aromatic nitrogens is 2. The second-order valence-electron chi connectivity index (χ2n) is 7.43. The quantitative estimate of drug-likeness (QED) is 0.773. The van der Waals surface area contributed by atoms with Crippen LogP contribution in [0.4, 0.5) is 5.95 Å². The Balaban J connectivity index is 1.56. The van der Waals surface area contributed by atoms with Gasteiger partial charge in [0.25, 0.3) is 5.91 Å². The average molecular weight is 395 g/mol. The second-order valence-corrected chi connectivity index (χ2v) is 7.83. The Kier molecular flexibility index (Phi) is 6.88. The summed E-state index contributed by atoms with van der Waals surface area (Å²) in [5.41, 5.74) is 0.00562. The van der Waals surface area contributed by atoms with E-state index in [4.69, 9.17) is 16.3 Å². The molecule has 1 saturated carbocycles. The third-order valence-corrected chi connectivity index (χ3v) is 5.63. The average Bonchev–Trinajstić information content (AvgIpc) is 2.69. The molecule has 2 fully saturated rings. The number of carbonyl (C=O) groups is 2. The smallest absolute Gasteiger partial charge is 0.359 e. The second kappa shape index (κ2) is 9.35. The number of esters is 1. The van der Waals surface area contributed by atoms with Gasteiger partial charge >= 0.3 is 5.97 Å². The van der Waals surface area contributed by atoms with Crippen LogP contribution < -0.4 is 10.2 Å². The Hall–Kier alpha value is -1.89.